The molecule has 0 saturated carbocycles. The summed E-state index contributed by atoms with van der Waals surface area (Å²) in [7, 11) is -5.61. The maximum atomic E-state index is 8.58. The summed E-state index contributed by atoms with van der Waals surface area (Å²) < 4.78 is 0. The Morgan fingerprint density at radius 2 is 0.545 bits per heavy atom. The Labute approximate surface area is 154 Å². The third kappa shape index (κ3) is 127. The van der Waals surface area contributed by atoms with Gasteiger partial charge in [0, 0.05) is 0 Å². The van der Waals surface area contributed by atoms with Crippen LogP contribution in [0.15, 0.2) is 0 Å². The molecule has 0 bridgehead atoms. The smallest absolute Gasteiger partial charge is 0.894 e. The Morgan fingerprint density at radius 3 is 0.545 bits per heavy atom. The third-order valence-corrected chi connectivity index (χ3v) is 0. The summed E-state index contributed by atoms with van der Waals surface area (Å²) >= 11 is 0. The molecule has 0 amide bonds. The van der Waals surface area contributed by atoms with E-state index in [1.54, 1.807) is 0 Å². The first-order valence-electron chi connectivity index (χ1n) is 0.816. The van der Waals surface area contributed by atoms with Gasteiger partial charge in [-0.1, -0.05) is 0 Å². The van der Waals surface area contributed by atoms with Gasteiger partial charge in [-0.05, 0) is 0 Å². The first kappa shape index (κ1) is 46.0. The van der Waals surface area contributed by atoms with Gasteiger partial charge in [0.1, 0.15) is 0 Å². The molecule has 0 aliphatic carbocycles. The molecule has 0 fully saturated rings. The molecule has 6 nitrogen and oxygen atoms in total. The summed E-state index contributed by atoms with van der Waals surface area (Å²) in [4.78, 5) is 34.3. The number of rotatable bonds is 0. The molecule has 0 aliphatic rings. The van der Waals surface area contributed by atoms with E-state index in [1.165, 1.54) is 0 Å². The normalized spacial score (nSPS) is 5.45. The molecule has 0 rings (SSSR count). The van der Waals surface area contributed by atoms with Crippen molar-refractivity contribution >= 4 is 9.05 Å². The standard InChI is InChI=1S/4Na.O4Si.2H2O/c;;;;1-5(2,3)4;;/h;;;;;2*1H2/q4*+1;-4;;. The monoisotopic (exact) mass is 220 g/mol. The van der Waals surface area contributed by atoms with Gasteiger partial charge in [-0.15, -0.1) is 0 Å². The van der Waals surface area contributed by atoms with Crippen LogP contribution in [0.2, 0.25) is 0 Å². The average Bonchev–Trinajstić information content (AvgIpc) is 0.722. The van der Waals surface area contributed by atoms with Gasteiger partial charge in [0.2, 0.25) is 0 Å². The summed E-state index contributed by atoms with van der Waals surface area (Å²) in [5, 5.41) is 0. The average molecular weight is 220 g/mol. The molecular weight excluding hydrogens is 216 g/mol. The molecule has 48 valence electrons. The molecule has 0 aromatic carbocycles. The van der Waals surface area contributed by atoms with Crippen LogP contribution in [-0.2, 0) is 0 Å². The Kier molecular flexibility index (Phi) is 98.8. The summed E-state index contributed by atoms with van der Waals surface area (Å²) in [6.45, 7) is 0. The maximum absolute atomic E-state index is 8.58. The zero-order valence-corrected chi connectivity index (χ0v) is 16.1. The fraction of sp³-hybridized carbons (Fsp3) is 0. The van der Waals surface area contributed by atoms with Crippen LogP contribution in [0.4, 0.5) is 0 Å². The summed E-state index contributed by atoms with van der Waals surface area (Å²) in [5.74, 6) is 0. The van der Waals surface area contributed by atoms with Crippen LogP contribution in [0.25, 0.3) is 0 Å². The van der Waals surface area contributed by atoms with Gasteiger partial charge >= 0.3 is 118 Å². The van der Waals surface area contributed by atoms with E-state index in [0.29, 0.717) is 0 Å². The molecule has 0 atom stereocenters. The fourth-order valence-electron chi connectivity index (χ4n) is 0. The van der Waals surface area contributed by atoms with Crippen LogP contribution in [0.3, 0.4) is 0 Å². The zero-order valence-electron chi connectivity index (χ0n) is 7.13. The minimum absolute atomic E-state index is 0. The molecule has 0 aromatic heterocycles. The van der Waals surface area contributed by atoms with Crippen LogP contribution < -0.4 is 137 Å². The summed E-state index contributed by atoms with van der Waals surface area (Å²) in [6.07, 6.45) is 0. The van der Waals surface area contributed by atoms with Crippen molar-refractivity contribution in [3.8, 4) is 0 Å². The first-order valence-corrected chi connectivity index (χ1v) is 2.45. The molecule has 0 unspecified atom stereocenters. The van der Waals surface area contributed by atoms with Gasteiger partial charge in [-0.3, -0.25) is 0 Å². The van der Waals surface area contributed by atoms with E-state index in [2.05, 4.69) is 0 Å². The van der Waals surface area contributed by atoms with Crippen LogP contribution in [0.1, 0.15) is 0 Å². The first-order chi connectivity index (χ1) is 2.00. The molecule has 0 spiro atoms. The SMILES string of the molecule is O.O.[Na+].[Na+].[Na+].[Na+].[O-][Si]([O-])([O-])[O-]. The third-order valence-electron chi connectivity index (χ3n) is 0. The maximum Gasteiger partial charge on any atom is 1.00 e. The van der Waals surface area contributed by atoms with Crippen molar-refractivity contribution in [2.24, 2.45) is 0 Å². The number of hydrogen-bond acceptors (Lipinski definition) is 4. The Hall–Kier alpha value is 3.98. The molecule has 0 saturated heterocycles. The quantitative estimate of drug-likeness (QED) is 0.371. The van der Waals surface area contributed by atoms with Crippen molar-refractivity contribution in [1.82, 2.24) is 0 Å². The van der Waals surface area contributed by atoms with Crippen LogP contribution in [0, 0.1) is 0 Å². The second-order valence-electron chi connectivity index (χ2n) is 0.500. The van der Waals surface area contributed by atoms with E-state index in [9.17, 15) is 0 Å². The fourth-order valence-corrected chi connectivity index (χ4v) is 0. The topological polar surface area (TPSA) is 155 Å². The second-order valence-corrected chi connectivity index (χ2v) is 1.50. The van der Waals surface area contributed by atoms with E-state index in [1.807, 2.05) is 0 Å². The van der Waals surface area contributed by atoms with Gasteiger partial charge in [0.25, 0.3) is 0 Å². The molecule has 4 N–H and O–H groups in total. The summed E-state index contributed by atoms with van der Waals surface area (Å²) in [6, 6.07) is 0. The van der Waals surface area contributed by atoms with E-state index in [4.69, 9.17) is 19.2 Å². The van der Waals surface area contributed by atoms with Crippen LogP contribution in [-0.4, -0.2) is 20.0 Å². The predicted octanol–water partition coefficient (Wildman–Crippen LogP) is -18.8. The molecule has 11 heavy (non-hydrogen) atoms. The van der Waals surface area contributed by atoms with E-state index >= 15 is 0 Å². The van der Waals surface area contributed by atoms with Crippen molar-refractivity contribution in [3.63, 3.8) is 0 Å². The molecule has 0 aliphatic heterocycles. The van der Waals surface area contributed by atoms with Gasteiger partial charge in [0.15, 0.2) is 0 Å². The van der Waals surface area contributed by atoms with Gasteiger partial charge in [-0.2, -0.15) is 0 Å². The van der Waals surface area contributed by atoms with Gasteiger partial charge in [-0.25, -0.2) is 0 Å². The van der Waals surface area contributed by atoms with Crippen molar-refractivity contribution < 1.29 is 148 Å². The molecule has 11 heteroatoms. The van der Waals surface area contributed by atoms with Crippen molar-refractivity contribution in [2.75, 3.05) is 0 Å². The van der Waals surface area contributed by atoms with E-state index in [-0.39, 0.29) is 129 Å². The predicted molar refractivity (Wildman–Crippen MR) is 13.0 cm³/mol. The van der Waals surface area contributed by atoms with Crippen molar-refractivity contribution in [2.45, 2.75) is 0 Å². The molecular formula is H4Na4O6Si. The minimum atomic E-state index is -5.61. The Balaban J connectivity index is -0.00000000533. The zero-order chi connectivity index (χ0) is 4.50. The van der Waals surface area contributed by atoms with Gasteiger partial charge in [0.05, 0.1) is 0 Å². The Bertz CT molecular complexity index is 30.1. The second kappa shape index (κ2) is 23.6. The van der Waals surface area contributed by atoms with Crippen molar-refractivity contribution in [3.05, 3.63) is 0 Å². The minimum Gasteiger partial charge on any atom is -0.894 e. The van der Waals surface area contributed by atoms with E-state index < -0.39 is 9.05 Å². The molecule has 0 heterocycles. The number of hydrogen-bond donors (Lipinski definition) is 0. The molecule has 0 radical (unpaired) electrons. The van der Waals surface area contributed by atoms with Crippen LogP contribution in [0.5, 0.6) is 0 Å². The van der Waals surface area contributed by atoms with Crippen molar-refractivity contribution in [1.29, 1.82) is 0 Å². The Morgan fingerprint density at radius 1 is 0.545 bits per heavy atom. The summed E-state index contributed by atoms with van der Waals surface area (Å²) in [5.41, 5.74) is 0. The van der Waals surface area contributed by atoms with Crippen LogP contribution >= 0.6 is 0 Å². The van der Waals surface area contributed by atoms with Gasteiger partial charge < -0.3 is 39.2 Å². The largest absolute Gasteiger partial charge is 1.00 e. The van der Waals surface area contributed by atoms with E-state index in [0.717, 1.165) is 0 Å². The molecule has 0 aromatic rings.